The van der Waals surface area contributed by atoms with E-state index >= 15 is 0 Å². The van der Waals surface area contributed by atoms with Crippen molar-refractivity contribution >= 4 is 23.2 Å². The molecular formula is C18H24ClN. The van der Waals surface area contributed by atoms with Gasteiger partial charge in [-0.15, -0.1) is 12.4 Å². The minimum absolute atomic E-state index is 0. The molecule has 0 bridgehead atoms. The molecule has 0 unspecified atom stereocenters. The highest BCUT2D eigenvalue weighted by Gasteiger charge is 2.11. The highest BCUT2D eigenvalue weighted by molar-refractivity contribution is 5.85. The monoisotopic (exact) mass is 289 g/mol. The topological polar surface area (TPSA) is 12.0 Å². The SMILES string of the molecule is Cl.c1ccc2c(CNC3CCCCCC3)cccc2c1. The van der Waals surface area contributed by atoms with Crippen LogP contribution in [0.1, 0.15) is 44.1 Å². The minimum Gasteiger partial charge on any atom is -0.310 e. The fourth-order valence-corrected chi connectivity index (χ4v) is 3.18. The van der Waals surface area contributed by atoms with Crippen molar-refractivity contribution in [3.63, 3.8) is 0 Å². The van der Waals surface area contributed by atoms with Gasteiger partial charge in [0.25, 0.3) is 0 Å². The second-order valence-electron chi connectivity index (χ2n) is 5.71. The van der Waals surface area contributed by atoms with Crippen LogP contribution in [0.25, 0.3) is 10.8 Å². The molecule has 1 saturated carbocycles. The third-order valence-corrected chi connectivity index (χ3v) is 4.32. The Labute approximate surface area is 128 Å². The van der Waals surface area contributed by atoms with Gasteiger partial charge in [-0.25, -0.2) is 0 Å². The van der Waals surface area contributed by atoms with E-state index in [1.165, 1.54) is 54.9 Å². The van der Waals surface area contributed by atoms with E-state index in [-0.39, 0.29) is 12.4 Å². The predicted octanol–water partition coefficient (Wildman–Crippen LogP) is 5.07. The van der Waals surface area contributed by atoms with Crippen molar-refractivity contribution in [3.05, 3.63) is 48.0 Å². The van der Waals surface area contributed by atoms with Gasteiger partial charge < -0.3 is 5.32 Å². The molecule has 0 saturated heterocycles. The molecule has 0 atom stereocenters. The number of hydrogen-bond donors (Lipinski definition) is 1. The maximum atomic E-state index is 3.77. The first-order valence-electron chi connectivity index (χ1n) is 7.63. The smallest absolute Gasteiger partial charge is 0.0214 e. The van der Waals surface area contributed by atoms with E-state index in [1.54, 1.807) is 0 Å². The molecular weight excluding hydrogens is 266 g/mol. The van der Waals surface area contributed by atoms with Gasteiger partial charge >= 0.3 is 0 Å². The van der Waals surface area contributed by atoms with Gasteiger partial charge in [0.2, 0.25) is 0 Å². The Kier molecular flexibility index (Phi) is 5.87. The molecule has 20 heavy (non-hydrogen) atoms. The van der Waals surface area contributed by atoms with Crippen molar-refractivity contribution in [2.45, 2.75) is 51.1 Å². The third-order valence-electron chi connectivity index (χ3n) is 4.32. The Morgan fingerprint density at radius 1 is 0.850 bits per heavy atom. The zero-order valence-corrected chi connectivity index (χ0v) is 12.8. The second-order valence-corrected chi connectivity index (χ2v) is 5.71. The molecule has 0 aromatic heterocycles. The summed E-state index contributed by atoms with van der Waals surface area (Å²) in [4.78, 5) is 0. The Bertz CT molecular complexity index is 524. The summed E-state index contributed by atoms with van der Waals surface area (Å²) in [5, 5.41) is 6.51. The Morgan fingerprint density at radius 3 is 2.35 bits per heavy atom. The van der Waals surface area contributed by atoms with E-state index in [0.717, 1.165) is 12.6 Å². The first-order valence-corrected chi connectivity index (χ1v) is 7.63. The summed E-state index contributed by atoms with van der Waals surface area (Å²) in [6.45, 7) is 1.01. The first kappa shape index (κ1) is 15.3. The number of hydrogen-bond acceptors (Lipinski definition) is 1. The maximum absolute atomic E-state index is 3.77. The molecule has 2 aromatic rings. The minimum atomic E-state index is 0. The summed E-state index contributed by atoms with van der Waals surface area (Å²) < 4.78 is 0. The van der Waals surface area contributed by atoms with Crippen molar-refractivity contribution in [2.24, 2.45) is 0 Å². The molecule has 1 N–H and O–H groups in total. The molecule has 3 rings (SSSR count). The summed E-state index contributed by atoms with van der Waals surface area (Å²) in [6.07, 6.45) is 8.34. The largest absolute Gasteiger partial charge is 0.310 e. The lowest BCUT2D eigenvalue weighted by molar-refractivity contribution is 0.460. The van der Waals surface area contributed by atoms with Crippen LogP contribution < -0.4 is 5.32 Å². The third kappa shape index (κ3) is 3.74. The fraction of sp³-hybridized carbons (Fsp3) is 0.444. The maximum Gasteiger partial charge on any atom is 0.0214 e. The molecule has 0 aliphatic heterocycles. The van der Waals surface area contributed by atoms with Crippen molar-refractivity contribution in [1.29, 1.82) is 0 Å². The highest BCUT2D eigenvalue weighted by atomic mass is 35.5. The lowest BCUT2D eigenvalue weighted by atomic mass is 10.0. The van der Waals surface area contributed by atoms with E-state index in [0.29, 0.717) is 0 Å². The molecule has 0 heterocycles. The van der Waals surface area contributed by atoms with Crippen LogP contribution in [0.15, 0.2) is 42.5 Å². The molecule has 1 aliphatic carbocycles. The number of fused-ring (bicyclic) bond motifs is 1. The quantitative estimate of drug-likeness (QED) is 0.778. The average Bonchev–Trinajstić information content (AvgIpc) is 2.74. The first-order chi connectivity index (χ1) is 9.43. The second kappa shape index (κ2) is 7.66. The van der Waals surface area contributed by atoms with Crippen LogP contribution in [0.4, 0.5) is 0 Å². The summed E-state index contributed by atoms with van der Waals surface area (Å²) in [7, 11) is 0. The number of rotatable bonds is 3. The van der Waals surface area contributed by atoms with E-state index < -0.39 is 0 Å². The van der Waals surface area contributed by atoms with Gasteiger partial charge in [-0.05, 0) is 29.2 Å². The summed E-state index contributed by atoms with van der Waals surface area (Å²) in [6, 6.07) is 16.0. The Balaban J connectivity index is 0.00000147. The van der Waals surface area contributed by atoms with Crippen molar-refractivity contribution in [1.82, 2.24) is 5.32 Å². The van der Waals surface area contributed by atoms with E-state index in [4.69, 9.17) is 0 Å². The van der Waals surface area contributed by atoms with Crippen LogP contribution in [0.3, 0.4) is 0 Å². The van der Waals surface area contributed by atoms with Crippen molar-refractivity contribution < 1.29 is 0 Å². The standard InChI is InChI=1S/C18H23N.ClH/c1-2-4-12-17(11-3-1)19-14-16-10-7-9-15-8-5-6-13-18(15)16;/h5-10,13,17,19H,1-4,11-12,14H2;1H. The lowest BCUT2D eigenvalue weighted by Crippen LogP contribution is -2.27. The molecule has 1 nitrogen and oxygen atoms in total. The van der Waals surface area contributed by atoms with Gasteiger partial charge in [-0.3, -0.25) is 0 Å². The van der Waals surface area contributed by atoms with Gasteiger partial charge in [0.1, 0.15) is 0 Å². The molecule has 1 aliphatic rings. The van der Waals surface area contributed by atoms with Gasteiger partial charge in [0, 0.05) is 12.6 Å². The zero-order chi connectivity index (χ0) is 12.9. The van der Waals surface area contributed by atoms with E-state index in [1.807, 2.05) is 0 Å². The van der Waals surface area contributed by atoms with Gasteiger partial charge in [0.15, 0.2) is 0 Å². The molecule has 1 fully saturated rings. The van der Waals surface area contributed by atoms with Crippen LogP contribution in [-0.2, 0) is 6.54 Å². The Morgan fingerprint density at radius 2 is 1.55 bits per heavy atom. The Hall–Kier alpha value is -1.05. The van der Waals surface area contributed by atoms with Crippen LogP contribution in [0, 0.1) is 0 Å². The molecule has 108 valence electrons. The molecule has 0 amide bonds. The van der Waals surface area contributed by atoms with Crippen molar-refractivity contribution in [2.75, 3.05) is 0 Å². The van der Waals surface area contributed by atoms with Gasteiger partial charge in [0.05, 0.1) is 0 Å². The van der Waals surface area contributed by atoms with Crippen LogP contribution >= 0.6 is 12.4 Å². The fourth-order valence-electron chi connectivity index (χ4n) is 3.18. The summed E-state index contributed by atoms with van der Waals surface area (Å²) >= 11 is 0. The van der Waals surface area contributed by atoms with Crippen LogP contribution in [0.5, 0.6) is 0 Å². The van der Waals surface area contributed by atoms with E-state index in [9.17, 15) is 0 Å². The number of halogens is 1. The normalized spacial score (nSPS) is 16.6. The van der Waals surface area contributed by atoms with Crippen LogP contribution in [-0.4, -0.2) is 6.04 Å². The molecule has 2 heteroatoms. The predicted molar refractivity (Wildman–Crippen MR) is 89.5 cm³/mol. The molecule has 2 aromatic carbocycles. The van der Waals surface area contributed by atoms with Gasteiger partial charge in [-0.2, -0.15) is 0 Å². The summed E-state index contributed by atoms with van der Waals surface area (Å²) in [5.41, 5.74) is 1.43. The van der Waals surface area contributed by atoms with Crippen LogP contribution in [0.2, 0.25) is 0 Å². The zero-order valence-electron chi connectivity index (χ0n) is 12.0. The molecule has 0 radical (unpaired) electrons. The van der Waals surface area contributed by atoms with Gasteiger partial charge in [-0.1, -0.05) is 68.1 Å². The number of nitrogens with one attached hydrogen (secondary N) is 1. The van der Waals surface area contributed by atoms with Crippen molar-refractivity contribution in [3.8, 4) is 0 Å². The average molecular weight is 290 g/mol. The summed E-state index contributed by atoms with van der Waals surface area (Å²) in [5.74, 6) is 0. The van der Waals surface area contributed by atoms with E-state index in [2.05, 4.69) is 47.8 Å². The number of benzene rings is 2. The lowest BCUT2D eigenvalue weighted by Gasteiger charge is -2.17. The molecule has 0 spiro atoms. The highest BCUT2D eigenvalue weighted by Crippen LogP contribution is 2.20.